The third kappa shape index (κ3) is 4.82. The number of ether oxygens (including phenoxy) is 3. The smallest absolute Gasteiger partial charge is 0.249 e. The molecule has 0 saturated carbocycles. The molecule has 0 bridgehead atoms. The second-order valence-corrected chi connectivity index (χ2v) is 9.64. The van der Waals surface area contributed by atoms with E-state index in [4.69, 9.17) is 14.2 Å². The zero-order valence-corrected chi connectivity index (χ0v) is 21.4. The average Bonchev–Trinajstić information content (AvgIpc) is 2.96. The number of aromatic nitrogens is 2. The maximum Gasteiger partial charge on any atom is 0.249 e. The van der Waals surface area contributed by atoms with E-state index in [9.17, 15) is 4.79 Å². The second-order valence-electron chi connectivity index (χ2n) is 9.64. The minimum absolute atomic E-state index is 0.0122. The third-order valence-electron chi connectivity index (χ3n) is 7.13. The van der Waals surface area contributed by atoms with Crippen LogP contribution in [0.25, 0.3) is 0 Å². The maximum atomic E-state index is 11.8. The van der Waals surface area contributed by atoms with Gasteiger partial charge in [0, 0.05) is 66.5 Å². The molecule has 2 aromatic carbocycles. The molecule has 8 nitrogen and oxygen atoms in total. The molecular weight excluding hydrogens is 480 g/mol. The summed E-state index contributed by atoms with van der Waals surface area (Å²) >= 11 is 0. The van der Waals surface area contributed by atoms with Gasteiger partial charge in [0.15, 0.2) is 0 Å². The summed E-state index contributed by atoms with van der Waals surface area (Å²) in [5, 5.41) is 3.55. The number of fused-ring (bicyclic) bond motifs is 2. The third-order valence-corrected chi connectivity index (χ3v) is 7.13. The monoisotopic (exact) mass is 510 g/mol. The number of H-pyrrole nitrogens is 1. The molecule has 6 rings (SSSR count). The van der Waals surface area contributed by atoms with Gasteiger partial charge in [0.1, 0.15) is 23.4 Å². The van der Waals surface area contributed by atoms with Gasteiger partial charge in [-0.2, -0.15) is 0 Å². The summed E-state index contributed by atoms with van der Waals surface area (Å²) in [5.74, 6) is 2.51. The molecule has 2 atom stereocenters. The van der Waals surface area contributed by atoms with Gasteiger partial charge in [-0.15, -0.1) is 0 Å². The van der Waals surface area contributed by atoms with E-state index >= 15 is 0 Å². The van der Waals surface area contributed by atoms with Crippen LogP contribution in [0.15, 0.2) is 77.9 Å². The van der Waals surface area contributed by atoms with Crippen LogP contribution in [-0.4, -0.2) is 36.8 Å². The fourth-order valence-electron chi connectivity index (χ4n) is 5.16. The predicted octanol–water partition coefficient (Wildman–Crippen LogP) is 5.23. The highest BCUT2D eigenvalue weighted by Gasteiger charge is 2.29. The molecule has 2 N–H and O–H groups in total. The number of nitrogens with one attached hydrogen (secondary N) is 2. The number of hydrogen-bond donors (Lipinski definition) is 2. The predicted molar refractivity (Wildman–Crippen MR) is 147 cm³/mol. The van der Waals surface area contributed by atoms with Gasteiger partial charge in [-0.1, -0.05) is 18.2 Å². The molecular formula is C30H30N4O4. The first kappa shape index (κ1) is 24.1. The molecule has 0 amide bonds. The van der Waals surface area contributed by atoms with Crippen LogP contribution >= 0.6 is 0 Å². The molecule has 194 valence electrons. The van der Waals surface area contributed by atoms with Crippen molar-refractivity contribution in [2.45, 2.75) is 25.5 Å². The van der Waals surface area contributed by atoms with Crippen LogP contribution in [0.4, 0.5) is 11.4 Å². The number of para-hydroxylation sites is 1. The lowest BCUT2D eigenvalue weighted by Crippen LogP contribution is -2.39. The standard InChI is InChI=1S/C30H30N4O4/c1-19(26-17-24(36-2)9-11-31-26)33-22-6-7-27-21(15-22)14-20-4-3-5-25(30(20)38-27)28-18-34(12-13-37-28)23-8-10-32-29(35)16-23/h3-11,15-17,19,28,33H,12-14,18H2,1-2H3,(H,32,35). The Labute approximate surface area is 221 Å². The van der Waals surface area contributed by atoms with E-state index in [1.165, 1.54) is 0 Å². The number of morpholine rings is 1. The Bertz CT molecular complexity index is 1520. The van der Waals surface area contributed by atoms with Gasteiger partial charge in [-0.05, 0) is 42.8 Å². The summed E-state index contributed by atoms with van der Waals surface area (Å²) in [6, 6.07) is 19.8. The van der Waals surface area contributed by atoms with E-state index in [0.717, 1.165) is 64.0 Å². The van der Waals surface area contributed by atoms with Gasteiger partial charge >= 0.3 is 0 Å². The SMILES string of the molecule is COc1ccnc(C(C)Nc2ccc3c(c2)Cc2cccc(C4CN(c5cc[nH]c(=O)c5)CCO4)c2O3)c1. The average molecular weight is 511 g/mol. The van der Waals surface area contributed by atoms with Crippen molar-refractivity contribution >= 4 is 11.4 Å². The summed E-state index contributed by atoms with van der Waals surface area (Å²) < 4.78 is 18.0. The van der Waals surface area contributed by atoms with Gasteiger partial charge in [0.25, 0.3) is 0 Å². The highest BCUT2D eigenvalue weighted by atomic mass is 16.5. The van der Waals surface area contributed by atoms with Gasteiger partial charge in [0.05, 0.1) is 25.5 Å². The minimum atomic E-state index is -0.156. The number of nitrogens with zero attached hydrogens (tertiary/aromatic N) is 2. The topological polar surface area (TPSA) is 88.7 Å². The Morgan fingerprint density at radius 2 is 2.05 bits per heavy atom. The van der Waals surface area contributed by atoms with E-state index in [1.54, 1.807) is 25.6 Å². The highest BCUT2D eigenvalue weighted by Crippen LogP contribution is 2.43. The molecule has 8 heteroatoms. The second kappa shape index (κ2) is 10.2. The fraction of sp³-hybridized carbons (Fsp3) is 0.267. The van der Waals surface area contributed by atoms with Gasteiger partial charge in [-0.3, -0.25) is 9.78 Å². The highest BCUT2D eigenvalue weighted by molar-refractivity contribution is 5.59. The number of hydrogen-bond acceptors (Lipinski definition) is 7. The maximum absolute atomic E-state index is 11.8. The lowest BCUT2D eigenvalue weighted by atomic mass is 9.95. The lowest BCUT2D eigenvalue weighted by Gasteiger charge is -2.36. The van der Waals surface area contributed by atoms with Crippen molar-refractivity contribution in [3.63, 3.8) is 0 Å². The van der Waals surface area contributed by atoms with Crippen molar-refractivity contribution in [1.82, 2.24) is 9.97 Å². The van der Waals surface area contributed by atoms with Crippen LogP contribution < -0.4 is 25.2 Å². The zero-order valence-electron chi connectivity index (χ0n) is 21.4. The zero-order chi connectivity index (χ0) is 26.1. The van der Waals surface area contributed by atoms with E-state index < -0.39 is 0 Å². The van der Waals surface area contributed by atoms with Gasteiger partial charge in [0.2, 0.25) is 5.56 Å². The molecule has 1 saturated heterocycles. The Balaban J connectivity index is 1.21. The molecule has 4 heterocycles. The molecule has 0 radical (unpaired) electrons. The quantitative estimate of drug-likeness (QED) is 0.324. The molecule has 4 aromatic rings. The largest absolute Gasteiger partial charge is 0.497 e. The van der Waals surface area contributed by atoms with Crippen molar-refractivity contribution in [1.29, 1.82) is 0 Å². The fourth-order valence-corrected chi connectivity index (χ4v) is 5.16. The van der Waals surface area contributed by atoms with Gasteiger partial charge < -0.3 is 29.4 Å². The summed E-state index contributed by atoms with van der Waals surface area (Å²) in [5.41, 5.74) is 6.00. The van der Waals surface area contributed by atoms with Crippen LogP contribution in [-0.2, 0) is 11.2 Å². The molecule has 38 heavy (non-hydrogen) atoms. The minimum Gasteiger partial charge on any atom is -0.497 e. The summed E-state index contributed by atoms with van der Waals surface area (Å²) in [6.07, 6.45) is 4.06. The normalized spacial score (nSPS) is 17.1. The van der Waals surface area contributed by atoms with Crippen LogP contribution in [0.5, 0.6) is 17.2 Å². The first-order valence-electron chi connectivity index (χ1n) is 12.8. The number of pyridine rings is 2. The molecule has 2 unspecified atom stereocenters. The first-order valence-corrected chi connectivity index (χ1v) is 12.8. The Morgan fingerprint density at radius 1 is 1.13 bits per heavy atom. The summed E-state index contributed by atoms with van der Waals surface area (Å²) in [4.78, 5) is 21.2. The van der Waals surface area contributed by atoms with Crippen LogP contribution in [0.3, 0.4) is 0 Å². The number of rotatable bonds is 6. The van der Waals surface area contributed by atoms with Crippen LogP contribution in [0, 0.1) is 0 Å². The molecule has 2 aromatic heterocycles. The molecule has 2 aliphatic rings. The van der Waals surface area contributed by atoms with Crippen molar-refractivity contribution < 1.29 is 14.2 Å². The Kier molecular flexibility index (Phi) is 6.47. The first-order chi connectivity index (χ1) is 18.6. The van der Waals surface area contributed by atoms with Crippen molar-refractivity contribution in [2.24, 2.45) is 0 Å². The Morgan fingerprint density at radius 3 is 2.92 bits per heavy atom. The molecule has 0 spiro atoms. The summed E-state index contributed by atoms with van der Waals surface area (Å²) in [7, 11) is 1.66. The van der Waals surface area contributed by atoms with Crippen molar-refractivity contribution in [3.05, 3.63) is 106 Å². The molecule has 0 aliphatic carbocycles. The summed E-state index contributed by atoms with van der Waals surface area (Å²) in [6.45, 7) is 4.04. The number of benzene rings is 2. The van der Waals surface area contributed by atoms with Crippen molar-refractivity contribution in [3.8, 4) is 17.2 Å². The lowest BCUT2D eigenvalue weighted by molar-refractivity contribution is 0.0384. The number of aromatic amines is 1. The van der Waals surface area contributed by atoms with Crippen LogP contribution in [0.2, 0.25) is 0 Å². The molecule has 2 aliphatic heterocycles. The van der Waals surface area contributed by atoms with E-state index in [1.807, 2.05) is 30.3 Å². The number of methoxy groups -OCH3 is 1. The molecule has 1 fully saturated rings. The van der Waals surface area contributed by atoms with Crippen molar-refractivity contribution in [2.75, 3.05) is 37.0 Å². The van der Waals surface area contributed by atoms with E-state index in [0.29, 0.717) is 13.2 Å². The van der Waals surface area contributed by atoms with Crippen LogP contribution in [0.1, 0.15) is 41.5 Å². The number of anilines is 2. The van der Waals surface area contributed by atoms with E-state index in [-0.39, 0.29) is 17.7 Å². The Hall–Kier alpha value is -4.30. The van der Waals surface area contributed by atoms with Gasteiger partial charge in [-0.25, -0.2) is 0 Å². The van der Waals surface area contributed by atoms with E-state index in [2.05, 4.69) is 51.4 Å².